The summed E-state index contributed by atoms with van der Waals surface area (Å²) in [6.07, 6.45) is 3.80. The minimum atomic E-state index is -0.151. The maximum absolute atomic E-state index is 12.0. The van der Waals surface area contributed by atoms with Crippen LogP contribution in [0.4, 0.5) is 0 Å². The monoisotopic (exact) mass is 232 g/mol. The third-order valence-corrected chi connectivity index (χ3v) is 3.30. The van der Waals surface area contributed by atoms with Crippen LogP contribution in [0.5, 0.6) is 0 Å². The van der Waals surface area contributed by atoms with Gasteiger partial charge in [-0.1, -0.05) is 13.3 Å². The molecule has 0 aromatic rings. The fourth-order valence-electron chi connectivity index (χ4n) is 2.54. The van der Waals surface area contributed by atoms with Gasteiger partial charge in [-0.15, -0.1) is 0 Å². The Morgan fingerprint density at radius 2 is 2.29 bits per heavy atom. The van der Waals surface area contributed by atoms with E-state index in [1.54, 1.807) is 0 Å². The lowest BCUT2D eigenvalue weighted by molar-refractivity contribution is -0.117. The molecule has 0 aromatic carbocycles. The van der Waals surface area contributed by atoms with E-state index in [0.717, 1.165) is 25.7 Å². The van der Waals surface area contributed by atoms with Crippen LogP contribution in [0.1, 0.15) is 39.0 Å². The van der Waals surface area contributed by atoms with Gasteiger partial charge in [0.05, 0.1) is 5.57 Å². The third-order valence-electron chi connectivity index (χ3n) is 3.30. The fraction of sp³-hybridized carbons (Fsp3) is 0.538. The molecule has 1 aliphatic heterocycles. The van der Waals surface area contributed by atoms with Gasteiger partial charge in [-0.25, -0.2) is 0 Å². The Morgan fingerprint density at radius 1 is 1.53 bits per heavy atom. The number of ether oxygens (including phenoxy) is 1. The average molecular weight is 232 g/mol. The zero-order valence-corrected chi connectivity index (χ0v) is 9.95. The van der Waals surface area contributed by atoms with Crippen molar-refractivity contribution in [3.63, 3.8) is 0 Å². The summed E-state index contributed by atoms with van der Waals surface area (Å²) in [7, 11) is 0. The van der Waals surface area contributed by atoms with Gasteiger partial charge in [0.25, 0.3) is 0 Å². The Labute approximate surface area is 101 Å². The number of hydrogen-bond acceptors (Lipinski definition) is 4. The van der Waals surface area contributed by atoms with Crippen LogP contribution in [0.3, 0.4) is 0 Å². The molecule has 0 spiro atoms. The van der Waals surface area contributed by atoms with Crippen LogP contribution in [-0.2, 0) is 9.53 Å². The molecule has 1 aliphatic carbocycles. The molecule has 2 aliphatic rings. The number of ketones is 1. The largest absolute Gasteiger partial charge is 0.444 e. The lowest BCUT2D eigenvalue weighted by Gasteiger charge is -2.30. The van der Waals surface area contributed by atoms with Crippen molar-refractivity contribution in [1.29, 1.82) is 5.26 Å². The second-order valence-corrected chi connectivity index (χ2v) is 4.45. The Morgan fingerprint density at radius 3 is 2.94 bits per heavy atom. The van der Waals surface area contributed by atoms with Crippen LogP contribution in [0.25, 0.3) is 0 Å². The molecule has 0 saturated heterocycles. The molecule has 0 aromatic heterocycles. The van der Waals surface area contributed by atoms with Gasteiger partial charge in [-0.05, 0) is 12.8 Å². The molecule has 4 heteroatoms. The second kappa shape index (κ2) is 4.62. The maximum Gasteiger partial charge on any atom is 0.204 e. The van der Waals surface area contributed by atoms with Crippen molar-refractivity contribution in [2.24, 2.45) is 11.7 Å². The van der Waals surface area contributed by atoms with E-state index in [2.05, 4.69) is 6.07 Å². The van der Waals surface area contributed by atoms with Gasteiger partial charge in [0, 0.05) is 24.3 Å². The van der Waals surface area contributed by atoms with Gasteiger partial charge in [-0.3, -0.25) is 4.79 Å². The molecule has 0 amide bonds. The Kier molecular flexibility index (Phi) is 3.19. The predicted molar refractivity (Wildman–Crippen MR) is 62.2 cm³/mol. The van der Waals surface area contributed by atoms with E-state index in [9.17, 15) is 4.79 Å². The van der Waals surface area contributed by atoms with Crippen molar-refractivity contribution >= 4 is 5.78 Å². The third kappa shape index (κ3) is 1.93. The van der Waals surface area contributed by atoms with Crippen LogP contribution in [0.2, 0.25) is 0 Å². The first-order valence-electron chi connectivity index (χ1n) is 6.02. The second-order valence-electron chi connectivity index (χ2n) is 4.45. The van der Waals surface area contributed by atoms with Crippen LogP contribution in [0.15, 0.2) is 22.8 Å². The number of carbonyl (C=O) groups excluding carboxylic acids is 1. The van der Waals surface area contributed by atoms with E-state index in [1.165, 1.54) is 0 Å². The number of hydrogen-bond donors (Lipinski definition) is 1. The molecule has 17 heavy (non-hydrogen) atoms. The standard InChI is InChI=1S/C13H16N2O2/c1-2-4-8-9(7-14)13(15)17-11-6-3-5-10(16)12(8)11/h8H,2-6,15H2,1H3/t8-/m0/s1. The molecule has 2 N–H and O–H groups in total. The quantitative estimate of drug-likeness (QED) is 0.791. The van der Waals surface area contributed by atoms with Crippen LogP contribution in [-0.4, -0.2) is 5.78 Å². The van der Waals surface area contributed by atoms with Gasteiger partial charge in [0.2, 0.25) is 5.88 Å². The predicted octanol–water partition coefficient (Wildman–Crippen LogP) is 2.13. The minimum Gasteiger partial charge on any atom is -0.444 e. The van der Waals surface area contributed by atoms with Crippen molar-refractivity contribution in [1.82, 2.24) is 0 Å². The number of allylic oxidation sites excluding steroid dienone is 3. The summed E-state index contributed by atoms with van der Waals surface area (Å²) in [5, 5.41) is 9.13. The Hall–Kier alpha value is -1.76. The number of Topliss-reactive ketones (excluding diaryl/α,β-unsaturated/α-hetero) is 1. The maximum atomic E-state index is 12.0. The van der Waals surface area contributed by atoms with E-state index in [-0.39, 0.29) is 17.6 Å². The first kappa shape index (κ1) is 11.7. The summed E-state index contributed by atoms with van der Waals surface area (Å²) < 4.78 is 5.43. The van der Waals surface area contributed by atoms with E-state index >= 15 is 0 Å². The molecule has 1 atom stereocenters. The van der Waals surface area contributed by atoms with Crippen molar-refractivity contribution in [2.75, 3.05) is 0 Å². The van der Waals surface area contributed by atoms with Crippen molar-refractivity contribution in [3.05, 3.63) is 22.8 Å². The SMILES string of the molecule is CCC[C@H]1C(C#N)=C(N)OC2=C1C(=O)CCC2. The summed E-state index contributed by atoms with van der Waals surface area (Å²) in [5.74, 6) is 0.835. The molecule has 2 rings (SSSR count). The summed E-state index contributed by atoms with van der Waals surface area (Å²) in [4.78, 5) is 12.0. The summed E-state index contributed by atoms with van der Waals surface area (Å²) in [5.41, 5.74) is 6.87. The number of nitrogens with zero attached hydrogens (tertiary/aromatic N) is 1. The molecular formula is C13H16N2O2. The van der Waals surface area contributed by atoms with Crippen molar-refractivity contribution in [3.8, 4) is 6.07 Å². The highest BCUT2D eigenvalue weighted by molar-refractivity contribution is 5.98. The molecule has 90 valence electrons. The fourth-order valence-corrected chi connectivity index (χ4v) is 2.54. The molecule has 0 bridgehead atoms. The zero-order valence-electron chi connectivity index (χ0n) is 9.95. The molecule has 0 unspecified atom stereocenters. The van der Waals surface area contributed by atoms with Crippen LogP contribution >= 0.6 is 0 Å². The van der Waals surface area contributed by atoms with E-state index < -0.39 is 0 Å². The Bertz CT molecular complexity index is 455. The highest BCUT2D eigenvalue weighted by Crippen LogP contribution is 2.39. The lowest BCUT2D eigenvalue weighted by Crippen LogP contribution is -2.28. The molecule has 0 saturated carbocycles. The van der Waals surface area contributed by atoms with Crippen molar-refractivity contribution < 1.29 is 9.53 Å². The first-order chi connectivity index (χ1) is 8.19. The molecular weight excluding hydrogens is 216 g/mol. The normalized spacial score (nSPS) is 24.2. The van der Waals surface area contributed by atoms with Gasteiger partial charge in [0.15, 0.2) is 5.78 Å². The smallest absolute Gasteiger partial charge is 0.204 e. The molecule has 0 radical (unpaired) electrons. The van der Waals surface area contributed by atoms with Gasteiger partial charge in [-0.2, -0.15) is 5.26 Å². The highest BCUT2D eigenvalue weighted by atomic mass is 16.5. The van der Waals surface area contributed by atoms with Crippen molar-refractivity contribution in [2.45, 2.75) is 39.0 Å². The van der Waals surface area contributed by atoms with E-state index in [0.29, 0.717) is 23.3 Å². The zero-order chi connectivity index (χ0) is 12.4. The summed E-state index contributed by atoms with van der Waals surface area (Å²) in [6.45, 7) is 2.04. The summed E-state index contributed by atoms with van der Waals surface area (Å²) >= 11 is 0. The minimum absolute atomic E-state index is 0.116. The highest BCUT2D eigenvalue weighted by Gasteiger charge is 2.36. The molecule has 1 heterocycles. The van der Waals surface area contributed by atoms with Gasteiger partial charge in [0.1, 0.15) is 11.8 Å². The molecule has 0 fully saturated rings. The number of nitriles is 1. The Balaban J connectivity index is 2.44. The van der Waals surface area contributed by atoms with E-state index in [1.807, 2.05) is 6.92 Å². The lowest BCUT2D eigenvalue weighted by atomic mass is 9.79. The summed E-state index contributed by atoms with van der Waals surface area (Å²) in [6, 6.07) is 2.09. The topological polar surface area (TPSA) is 76.1 Å². The number of nitrogens with two attached hydrogens (primary N) is 1. The molecule has 4 nitrogen and oxygen atoms in total. The van der Waals surface area contributed by atoms with Crippen LogP contribution < -0.4 is 5.73 Å². The average Bonchev–Trinajstić information content (AvgIpc) is 2.29. The number of rotatable bonds is 2. The van der Waals surface area contributed by atoms with Gasteiger partial charge >= 0.3 is 0 Å². The van der Waals surface area contributed by atoms with E-state index in [4.69, 9.17) is 15.7 Å². The number of carbonyl (C=O) groups is 1. The van der Waals surface area contributed by atoms with Crippen LogP contribution in [0, 0.1) is 17.2 Å². The first-order valence-corrected chi connectivity index (χ1v) is 6.02. The van der Waals surface area contributed by atoms with Gasteiger partial charge < -0.3 is 10.5 Å².